The average Bonchev–Trinajstić information content (AvgIpc) is 2.38. The van der Waals surface area contributed by atoms with E-state index in [4.69, 9.17) is 4.74 Å². The first-order valence-corrected chi connectivity index (χ1v) is 6.30. The van der Waals surface area contributed by atoms with Gasteiger partial charge in [-0.05, 0) is 39.2 Å². The van der Waals surface area contributed by atoms with Crippen LogP contribution in [-0.2, 0) is 4.74 Å². The van der Waals surface area contributed by atoms with Crippen molar-refractivity contribution in [2.24, 2.45) is 17.8 Å². The average molecular weight is 213 g/mol. The number of hydrogen-bond acceptors (Lipinski definition) is 2. The van der Waals surface area contributed by atoms with E-state index in [1.165, 1.54) is 6.42 Å². The summed E-state index contributed by atoms with van der Waals surface area (Å²) in [7, 11) is 2.08. The molecule has 1 rings (SSSR count). The third-order valence-corrected chi connectivity index (χ3v) is 3.88. The second-order valence-electron chi connectivity index (χ2n) is 5.51. The highest BCUT2D eigenvalue weighted by atomic mass is 16.5. The van der Waals surface area contributed by atoms with Crippen LogP contribution in [0.4, 0.5) is 0 Å². The lowest BCUT2D eigenvalue weighted by atomic mass is 9.80. The number of rotatable bonds is 4. The number of hydrogen-bond donors (Lipinski definition) is 1. The Hall–Kier alpha value is -0.0800. The van der Waals surface area contributed by atoms with Crippen LogP contribution in [0, 0.1) is 17.8 Å². The quantitative estimate of drug-likeness (QED) is 0.775. The van der Waals surface area contributed by atoms with Crippen LogP contribution in [0.15, 0.2) is 0 Å². The van der Waals surface area contributed by atoms with Crippen molar-refractivity contribution in [3.8, 4) is 0 Å². The minimum Gasteiger partial charge on any atom is -0.375 e. The molecule has 1 N–H and O–H groups in total. The molecule has 90 valence electrons. The van der Waals surface area contributed by atoms with Gasteiger partial charge < -0.3 is 10.1 Å². The maximum atomic E-state index is 5.91. The van der Waals surface area contributed by atoms with E-state index < -0.39 is 0 Å². The molecule has 0 aromatic rings. The Morgan fingerprint density at radius 1 is 1.13 bits per heavy atom. The lowest BCUT2D eigenvalue weighted by Crippen LogP contribution is -2.40. The summed E-state index contributed by atoms with van der Waals surface area (Å²) in [5.74, 6) is 2.07. The maximum Gasteiger partial charge on any atom is 0.0597 e. The van der Waals surface area contributed by atoms with Gasteiger partial charge in [0.2, 0.25) is 0 Å². The molecule has 1 aliphatic rings. The van der Waals surface area contributed by atoms with Crippen molar-refractivity contribution in [1.82, 2.24) is 5.32 Å². The molecule has 0 amide bonds. The van der Waals surface area contributed by atoms with Crippen molar-refractivity contribution in [3.63, 3.8) is 0 Å². The Balaban J connectivity index is 2.66. The molecule has 1 fully saturated rings. The molecule has 1 saturated heterocycles. The monoisotopic (exact) mass is 213 g/mol. The highest BCUT2D eigenvalue weighted by Crippen LogP contribution is 2.36. The Morgan fingerprint density at radius 2 is 1.73 bits per heavy atom. The number of nitrogens with one attached hydrogen (secondary N) is 1. The van der Waals surface area contributed by atoms with E-state index in [1.807, 2.05) is 0 Å². The van der Waals surface area contributed by atoms with Gasteiger partial charge in [-0.25, -0.2) is 0 Å². The normalized spacial score (nSPS) is 38.6. The van der Waals surface area contributed by atoms with Crippen LogP contribution >= 0.6 is 0 Å². The molecule has 5 unspecified atom stereocenters. The summed E-state index contributed by atoms with van der Waals surface area (Å²) in [6.45, 7) is 11.3. The summed E-state index contributed by atoms with van der Waals surface area (Å²) in [6.07, 6.45) is 2.05. The van der Waals surface area contributed by atoms with Gasteiger partial charge in [0.1, 0.15) is 0 Å². The van der Waals surface area contributed by atoms with Crippen LogP contribution in [0.5, 0.6) is 0 Å². The molecule has 2 nitrogen and oxygen atoms in total. The SMILES string of the molecule is CNC(CC(C)C)C1C(C)OC(C)C1C. The van der Waals surface area contributed by atoms with Gasteiger partial charge >= 0.3 is 0 Å². The van der Waals surface area contributed by atoms with Crippen LogP contribution in [0.1, 0.15) is 41.0 Å². The third-order valence-electron chi connectivity index (χ3n) is 3.88. The van der Waals surface area contributed by atoms with Gasteiger partial charge in [0.15, 0.2) is 0 Å². The van der Waals surface area contributed by atoms with E-state index in [0.717, 1.165) is 5.92 Å². The topological polar surface area (TPSA) is 21.3 Å². The zero-order valence-corrected chi connectivity index (χ0v) is 11.1. The van der Waals surface area contributed by atoms with Crippen molar-refractivity contribution in [2.45, 2.75) is 59.3 Å². The molecule has 0 saturated carbocycles. The molecular formula is C13H27NO. The van der Waals surface area contributed by atoms with Gasteiger partial charge in [-0.3, -0.25) is 0 Å². The van der Waals surface area contributed by atoms with E-state index >= 15 is 0 Å². The highest BCUT2D eigenvalue weighted by molar-refractivity contribution is 4.91. The summed E-state index contributed by atoms with van der Waals surface area (Å²) in [6, 6.07) is 0.597. The largest absolute Gasteiger partial charge is 0.375 e. The van der Waals surface area contributed by atoms with Crippen LogP contribution in [0.3, 0.4) is 0 Å². The minimum absolute atomic E-state index is 0.395. The zero-order chi connectivity index (χ0) is 11.6. The van der Waals surface area contributed by atoms with Crippen molar-refractivity contribution in [3.05, 3.63) is 0 Å². The molecule has 2 heteroatoms. The first-order valence-electron chi connectivity index (χ1n) is 6.30. The summed E-state index contributed by atoms with van der Waals surface area (Å²) in [4.78, 5) is 0. The van der Waals surface area contributed by atoms with E-state index in [-0.39, 0.29) is 0 Å². The predicted molar refractivity (Wildman–Crippen MR) is 65.0 cm³/mol. The van der Waals surface area contributed by atoms with E-state index in [1.54, 1.807) is 0 Å². The van der Waals surface area contributed by atoms with Gasteiger partial charge in [-0.2, -0.15) is 0 Å². The molecular weight excluding hydrogens is 186 g/mol. The minimum atomic E-state index is 0.395. The molecule has 1 aliphatic heterocycles. The third kappa shape index (κ3) is 2.94. The van der Waals surface area contributed by atoms with Crippen molar-refractivity contribution >= 4 is 0 Å². The molecule has 0 aromatic carbocycles. The molecule has 0 spiro atoms. The van der Waals surface area contributed by atoms with Crippen LogP contribution in [0.2, 0.25) is 0 Å². The predicted octanol–water partition coefficient (Wildman–Crippen LogP) is 2.68. The van der Waals surface area contributed by atoms with Gasteiger partial charge in [-0.15, -0.1) is 0 Å². The van der Waals surface area contributed by atoms with E-state index in [9.17, 15) is 0 Å². The summed E-state index contributed by atoms with van der Waals surface area (Å²) in [5.41, 5.74) is 0. The fraction of sp³-hybridized carbons (Fsp3) is 1.00. The summed E-state index contributed by atoms with van der Waals surface area (Å²) in [5, 5.41) is 3.48. The maximum absolute atomic E-state index is 5.91. The summed E-state index contributed by atoms with van der Waals surface area (Å²) >= 11 is 0. The molecule has 0 radical (unpaired) electrons. The highest BCUT2D eigenvalue weighted by Gasteiger charge is 2.40. The molecule has 0 aromatic heterocycles. The lowest BCUT2D eigenvalue weighted by molar-refractivity contribution is 0.0470. The lowest BCUT2D eigenvalue weighted by Gasteiger charge is -2.30. The molecule has 5 atom stereocenters. The molecule has 0 bridgehead atoms. The fourth-order valence-electron chi connectivity index (χ4n) is 2.96. The second kappa shape index (κ2) is 5.31. The van der Waals surface area contributed by atoms with Crippen molar-refractivity contribution in [1.29, 1.82) is 0 Å². The van der Waals surface area contributed by atoms with Crippen molar-refractivity contribution in [2.75, 3.05) is 7.05 Å². The van der Waals surface area contributed by atoms with Gasteiger partial charge in [0.05, 0.1) is 12.2 Å². The first kappa shape index (κ1) is 13.0. The Labute approximate surface area is 94.8 Å². The molecule has 1 heterocycles. The van der Waals surface area contributed by atoms with E-state index in [0.29, 0.717) is 30.1 Å². The Bertz CT molecular complexity index is 193. The molecule has 15 heavy (non-hydrogen) atoms. The standard InChI is InChI=1S/C13H27NO/c1-8(2)7-12(14-6)13-9(3)10(4)15-11(13)5/h8-14H,7H2,1-6H3. The smallest absolute Gasteiger partial charge is 0.0597 e. The summed E-state index contributed by atoms with van der Waals surface area (Å²) < 4.78 is 5.91. The van der Waals surface area contributed by atoms with Gasteiger partial charge in [0.25, 0.3) is 0 Å². The first-order chi connectivity index (χ1) is 6.97. The van der Waals surface area contributed by atoms with Gasteiger partial charge in [0, 0.05) is 12.0 Å². The van der Waals surface area contributed by atoms with Crippen molar-refractivity contribution < 1.29 is 4.74 Å². The van der Waals surface area contributed by atoms with Crippen LogP contribution in [0.25, 0.3) is 0 Å². The van der Waals surface area contributed by atoms with E-state index in [2.05, 4.69) is 47.0 Å². The Morgan fingerprint density at radius 3 is 2.07 bits per heavy atom. The zero-order valence-electron chi connectivity index (χ0n) is 11.1. The number of ether oxygens (including phenoxy) is 1. The fourth-order valence-corrected chi connectivity index (χ4v) is 2.96. The second-order valence-corrected chi connectivity index (χ2v) is 5.51. The van der Waals surface area contributed by atoms with Crippen LogP contribution < -0.4 is 5.32 Å². The van der Waals surface area contributed by atoms with Crippen LogP contribution in [-0.4, -0.2) is 25.3 Å². The molecule has 0 aliphatic carbocycles. The van der Waals surface area contributed by atoms with Gasteiger partial charge in [-0.1, -0.05) is 20.8 Å². The Kier molecular flexibility index (Phi) is 4.60.